The Morgan fingerprint density at radius 3 is 2.23 bits per heavy atom. The number of urea groups is 1. The summed E-state index contributed by atoms with van der Waals surface area (Å²) in [5.74, 6) is 2.31. The summed E-state index contributed by atoms with van der Waals surface area (Å²) < 4.78 is 22.1. The van der Waals surface area contributed by atoms with Gasteiger partial charge in [0.25, 0.3) is 5.91 Å². The third-order valence-corrected chi connectivity index (χ3v) is 9.97. The second-order valence-electron chi connectivity index (χ2n) is 11.3. The number of carbonyl (C=O) groups excluding carboxylic acids is 2. The summed E-state index contributed by atoms with van der Waals surface area (Å²) in [6.07, 6.45) is 2.35. The highest BCUT2D eigenvalue weighted by molar-refractivity contribution is 6.42. The number of imide groups is 1. The van der Waals surface area contributed by atoms with E-state index < -0.39 is 5.54 Å². The third kappa shape index (κ3) is 5.01. The number of carbonyl (C=O) groups is 2. The maximum Gasteiger partial charge on any atom is 0.332 e. The summed E-state index contributed by atoms with van der Waals surface area (Å²) in [5.41, 5.74) is 2.57. The molecule has 0 N–H and O–H groups in total. The van der Waals surface area contributed by atoms with Gasteiger partial charge in [0.15, 0.2) is 23.0 Å². The first kappa shape index (κ1) is 30.4. The molecule has 0 aliphatic carbocycles. The molecule has 0 bridgehead atoms. The molecule has 3 aromatic rings. The van der Waals surface area contributed by atoms with Crippen molar-refractivity contribution in [2.45, 2.75) is 37.3 Å². The Balaban J connectivity index is 1.39. The Bertz CT molecular complexity index is 1620. The van der Waals surface area contributed by atoms with Crippen molar-refractivity contribution in [3.8, 4) is 23.0 Å². The number of amides is 3. The first-order chi connectivity index (χ1) is 21.2. The van der Waals surface area contributed by atoms with Crippen LogP contribution >= 0.6 is 23.2 Å². The van der Waals surface area contributed by atoms with Gasteiger partial charge in [-0.2, -0.15) is 0 Å². The van der Waals surface area contributed by atoms with Gasteiger partial charge in [-0.3, -0.25) is 9.69 Å². The lowest BCUT2D eigenvalue weighted by atomic mass is 9.76. The van der Waals surface area contributed by atoms with Gasteiger partial charge >= 0.3 is 6.03 Å². The average Bonchev–Trinajstić information content (AvgIpc) is 3.24. The fraction of sp³-hybridized carbons (Fsp3) is 0.394. The summed E-state index contributed by atoms with van der Waals surface area (Å²) in [6.45, 7) is 1.86. The van der Waals surface area contributed by atoms with Gasteiger partial charge in [-0.25, -0.2) is 9.69 Å². The van der Waals surface area contributed by atoms with Crippen LogP contribution in [0.5, 0.6) is 23.0 Å². The summed E-state index contributed by atoms with van der Waals surface area (Å²) in [5, 5.41) is 0.630. The van der Waals surface area contributed by atoms with Crippen molar-refractivity contribution in [2.24, 2.45) is 0 Å². The smallest absolute Gasteiger partial charge is 0.332 e. The number of hydrogen-bond donors (Lipinski definition) is 0. The molecule has 232 valence electrons. The van der Waals surface area contributed by atoms with Crippen LogP contribution in [-0.4, -0.2) is 75.4 Å². The fourth-order valence-corrected chi connectivity index (χ4v) is 7.22. The summed E-state index contributed by atoms with van der Waals surface area (Å²) in [6, 6.07) is 14.2. The maximum atomic E-state index is 14.6. The normalized spacial score (nSPS) is 21.4. The van der Waals surface area contributed by atoms with Crippen molar-refractivity contribution in [2.75, 3.05) is 53.0 Å². The molecule has 2 saturated heterocycles. The molecule has 2 atom stereocenters. The van der Waals surface area contributed by atoms with Crippen molar-refractivity contribution in [3.05, 3.63) is 75.3 Å². The predicted molar refractivity (Wildman–Crippen MR) is 169 cm³/mol. The molecule has 3 amide bonds. The Morgan fingerprint density at radius 2 is 1.52 bits per heavy atom. The molecule has 9 nitrogen and oxygen atoms in total. The van der Waals surface area contributed by atoms with Gasteiger partial charge in [0.1, 0.15) is 5.54 Å². The summed E-state index contributed by atoms with van der Waals surface area (Å²) >= 11 is 12.5. The maximum absolute atomic E-state index is 14.6. The van der Waals surface area contributed by atoms with Crippen LogP contribution in [0.25, 0.3) is 0 Å². The third-order valence-electron chi connectivity index (χ3n) is 9.23. The van der Waals surface area contributed by atoms with Gasteiger partial charge in [0.05, 0.1) is 44.2 Å². The molecule has 1 spiro atoms. The predicted octanol–water partition coefficient (Wildman–Crippen LogP) is 6.17. The van der Waals surface area contributed by atoms with E-state index in [1.165, 1.54) is 4.90 Å². The van der Waals surface area contributed by atoms with Crippen LogP contribution in [-0.2, 0) is 17.6 Å². The second-order valence-corrected chi connectivity index (χ2v) is 12.1. The van der Waals surface area contributed by atoms with Crippen molar-refractivity contribution in [3.63, 3.8) is 0 Å². The van der Waals surface area contributed by atoms with Crippen molar-refractivity contribution in [1.29, 1.82) is 0 Å². The molecule has 0 aromatic heterocycles. The van der Waals surface area contributed by atoms with Crippen LogP contribution in [0.4, 0.5) is 10.5 Å². The molecule has 3 aliphatic rings. The number of anilines is 1. The van der Waals surface area contributed by atoms with Crippen LogP contribution in [0.3, 0.4) is 0 Å². The number of benzene rings is 3. The fourth-order valence-electron chi connectivity index (χ4n) is 6.93. The monoisotopic (exact) mass is 639 g/mol. The van der Waals surface area contributed by atoms with Crippen molar-refractivity contribution >= 4 is 40.8 Å². The first-order valence-corrected chi connectivity index (χ1v) is 15.3. The molecule has 11 heteroatoms. The largest absolute Gasteiger partial charge is 0.493 e. The molecule has 0 unspecified atom stereocenters. The van der Waals surface area contributed by atoms with E-state index in [9.17, 15) is 9.59 Å². The molecular formula is C33H35Cl2N3O6. The van der Waals surface area contributed by atoms with E-state index in [2.05, 4.69) is 4.90 Å². The number of nitrogens with zero attached hydrogens (tertiary/aromatic N) is 3. The van der Waals surface area contributed by atoms with E-state index in [0.29, 0.717) is 66.1 Å². The van der Waals surface area contributed by atoms with Gasteiger partial charge in [-0.05, 0) is 84.8 Å². The second kappa shape index (κ2) is 12.0. The number of halogens is 2. The zero-order chi connectivity index (χ0) is 31.2. The molecule has 3 aliphatic heterocycles. The Morgan fingerprint density at radius 1 is 0.818 bits per heavy atom. The first-order valence-electron chi connectivity index (χ1n) is 14.6. The number of ether oxygens (including phenoxy) is 4. The van der Waals surface area contributed by atoms with Crippen LogP contribution in [0.1, 0.15) is 35.6 Å². The molecule has 44 heavy (non-hydrogen) atoms. The minimum atomic E-state index is -1.05. The zero-order valence-corrected chi connectivity index (χ0v) is 26.7. The molecule has 6 rings (SSSR count). The van der Waals surface area contributed by atoms with E-state index >= 15 is 0 Å². The van der Waals surface area contributed by atoms with Gasteiger partial charge in [0, 0.05) is 25.7 Å². The summed E-state index contributed by atoms with van der Waals surface area (Å²) in [7, 11) is 6.44. The van der Waals surface area contributed by atoms with Gasteiger partial charge in [-0.1, -0.05) is 29.3 Å². The Kier molecular flexibility index (Phi) is 8.30. The van der Waals surface area contributed by atoms with Crippen LogP contribution < -0.4 is 23.8 Å². The van der Waals surface area contributed by atoms with E-state index in [1.54, 1.807) is 51.5 Å². The Labute approximate surface area is 267 Å². The summed E-state index contributed by atoms with van der Waals surface area (Å²) in [4.78, 5) is 34.3. The van der Waals surface area contributed by atoms with Crippen LogP contribution in [0.2, 0.25) is 10.0 Å². The lowest BCUT2D eigenvalue weighted by Crippen LogP contribution is -2.58. The van der Waals surface area contributed by atoms with E-state index in [-0.39, 0.29) is 23.0 Å². The number of methoxy groups -OCH3 is 4. The Hall–Kier alpha value is -3.66. The highest BCUT2D eigenvalue weighted by Gasteiger charge is 2.60. The number of fused-ring (bicyclic) bond motifs is 3. The van der Waals surface area contributed by atoms with Crippen molar-refractivity contribution in [1.82, 2.24) is 9.80 Å². The number of rotatable bonds is 8. The van der Waals surface area contributed by atoms with E-state index in [1.807, 2.05) is 30.3 Å². The molecule has 2 fully saturated rings. The highest BCUT2D eigenvalue weighted by atomic mass is 35.5. The molecule has 3 heterocycles. The number of hydrogen-bond acceptors (Lipinski definition) is 7. The number of piperidine rings is 1. The minimum Gasteiger partial charge on any atom is -0.493 e. The molecule has 3 aromatic carbocycles. The van der Waals surface area contributed by atoms with Crippen molar-refractivity contribution < 1.29 is 28.5 Å². The van der Waals surface area contributed by atoms with Crippen LogP contribution in [0, 0.1) is 0 Å². The lowest BCUT2D eigenvalue weighted by Gasteiger charge is -2.49. The average molecular weight is 641 g/mol. The van der Waals surface area contributed by atoms with E-state index in [4.69, 9.17) is 42.1 Å². The zero-order valence-electron chi connectivity index (χ0n) is 25.2. The molecular weight excluding hydrogens is 605 g/mol. The van der Waals surface area contributed by atoms with E-state index in [0.717, 1.165) is 29.7 Å². The van der Waals surface area contributed by atoms with Gasteiger partial charge in [-0.15, -0.1) is 0 Å². The quantitative estimate of drug-likeness (QED) is 0.273. The SMILES string of the molecule is COc1ccc(CCN2C(=O)N(c3ccc(Cl)c(Cl)c3)C(=O)[C@@]23CCN2CCc4cc(OC)c(OC)cc4[C@H]2C3)cc1OC. The van der Waals surface area contributed by atoms with Gasteiger partial charge in [0.2, 0.25) is 0 Å². The minimum absolute atomic E-state index is 0.0820. The highest BCUT2D eigenvalue weighted by Crippen LogP contribution is 2.49. The lowest BCUT2D eigenvalue weighted by molar-refractivity contribution is -0.129. The van der Waals surface area contributed by atoms with Gasteiger partial charge < -0.3 is 23.8 Å². The molecule has 0 saturated carbocycles. The topological polar surface area (TPSA) is 80.8 Å². The molecule has 0 radical (unpaired) electrons. The standard InChI is InChI=1S/C33H35Cl2N3O6/c1-41-27-8-5-20(15-28(27)42-2)9-13-37-32(40)38(22-6-7-24(34)25(35)17-22)31(39)33(37)11-14-36-12-10-21-16-29(43-3)30(44-4)18-23(21)26(36)19-33/h5-8,15-18,26H,9-14,19H2,1-4H3/t26-,33+/m1/s1. The van der Waals surface area contributed by atoms with Crippen LogP contribution in [0.15, 0.2) is 48.5 Å².